The van der Waals surface area contributed by atoms with Crippen LogP contribution in [0.2, 0.25) is 5.02 Å². The summed E-state index contributed by atoms with van der Waals surface area (Å²) in [6.45, 7) is 3.68. The number of carbonyl (C=O) groups is 1. The average Bonchev–Trinajstić information content (AvgIpc) is 2.69. The van der Waals surface area contributed by atoms with Crippen LogP contribution < -0.4 is 10.1 Å². The summed E-state index contributed by atoms with van der Waals surface area (Å²) in [7, 11) is 1.64. The lowest BCUT2D eigenvalue weighted by Crippen LogP contribution is -2.40. The highest BCUT2D eigenvalue weighted by molar-refractivity contribution is 6.31. The Morgan fingerprint density at radius 3 is 2.74 bits per heavy atom. The van der Waals surface area contributed by atoms with Gasteiger partial charge in [-0.25, -0.2) is 0 Å². The van der Waals surface area contributed by atoms with Crippen LogP contribution in [-0.2, 0) is 17.8 Å². The van der Waals surface area contributed by atoms with Crippen molar-refractivity contribution < 1.29 is 9.53 Å². The molecule has 144 valence electrons. The standard InChI is InChI=1S/C22H27ClN2O2/c1-27-20-10-8-17(9-11-20)13-22(26)24-14-18-5-4-12-25(15-18)16-19-6-2-3-7-21(19)23/h2-3,6-11,18H,4-5,12-16H2,1H3,(H,24,26)/t18-/m1/s1. The highest BCUT2D eigenvalue weighted by Crippen LogP contribution is 2.22. The number of benzene rings is 2. The highest BCUT2D eigenvalue weighted by Gasteiger charge is 2.21. The van der Waals surface area contributed by atoms with Crippen molar-refractivity contribution in [2.45, 2.75) is 25.8 Å². The fourth-order valence-corrected chi connectivity index (χ4v) is 3.77. The molecule has 27 heavy (non-hydrogen) atoms. The fourth-order valence-electron chi connectivity index (χ4n) is 3.58. The van der Waals surface area contributed by atoms with Gasteiger partial charge in [0, 0.05) is 24.7 Å². The zero-order valence-electron chi connectivity index (χ0n) is 15.8. The molecule has 1 fully saturated rings. The first kappa shape index (κ1) is 19.7. The third kappa shape index (κ3) is 5.98. The number of piperidine rings is 1. The Balaban J connectivity index is 1.44. The molecule has 1 heterocycles. The molecule has 1 saturated heterocycles. The molecule has 2 aromatic carbocycles. The fraction of sp³-hybridized carbons (Fsp3) is 0.409. The summed E-state index contributed by atoms with van der Waals surface area (Å²) < 4.78 is 5.15. The molecule has 2 aromatic rings. The molecule has 0 spiro atoms. The number of hydrogen-bond donors (Lipinski definition) is 1. The second-order valence-electron chi connectivity index (χ2n) is 7.16. The molecule has 3 rings (SSSR count). The summed E-state index contributed by atoms with van der Waals surface area (Å²) in [4.78, 5) is 14.7. The minimum atomic E-state index is 0.0726. The van der Waals surface area contributed by atoms with Crippen molar-refractivity contribution in [3.63, 3.8) is 0 Å². The molecule has 1 N–H and O–H groups in total. The molecule has 5 heteroatoms. The second-order valence-corrected chi connectivity index (χ2v) is 7.57. The van der Waals surface area contributed by atoms with E-state index in [0.29, 0.717) is 12.3 Å². The minimum absolute atomic E-state index is 0.0726. The largest absolute Gasteiger partial charge is 0.497 e. The third-order valence-electron chi connectivity index (χ3n) is 5.07. The van der Waals surface area contributed by atoms with Gasteiger partial charge in [-0.05, 0) is 54.6 Å². The Hall–Kier alpha value is -2.04. The molecular weight excluding hydrogens is 360 g/mol. The molecule has 1 atom stereocenters. The Bertz CT molecular complexity index is 748. The number of rotatable bonds is 7. The molecule has 4 nitrogen and oxygen atoms in total. The number of nitrogens with zero attached hydrogens (tertiary/aromatic N) is 1. The molecule has 1 aliphatic rings. The van der Waals surface area contributed by atoms with Crippen LogP contribution in [0.15, 0.2) is 48.5 Å². The second kappa shape index (κ2) is 9.77. The van der Waals surface area contributed by atoms with Crippen molar-refractivity contribution in [3.05, 3.63) is 64.7 Å². The number of methoxy groups -OCH3 is 1. The van der Waals surface area contributed by atoms with Gasteiger partial charge in [-0.3, -0.25) is 9.69 Å². The monoisotopic (exact) mass is 386 g/mol. The molecule has 1 amide bonds. The lowest BCUT2D eigenvalue weighted by Gasteiger charge is -2.33. The molecule has 0 aromatic heterocycles. The molecule has 0 bridgehead atoms. The van der Waals surface area contributed by atoms with Gasteiger partial charge in [0.1, 0.15) is 5.75 Å². The number of nitrogens with one attached hydrogen (secondary N) is 1. The van der Waals surface area contributed by atoms with Crippen LogP contribution in [0.1, 0.15) is 24.0 Å². The van der Waals surface area contributed by atoms with E-state index in [4.69, 9.17) is 16.3 Å². The maximum Gasteiger partial charge on any atom is 0.224 e. The number of ether oxygens (including phenoxy) is 1. The van der Waals surface area contributed by atoms with Gasteiger partial charge >= 0.3 is 0 Å². The first-order chi connectivity index (χ1) is 13.1. The minimum Gasteiger partial charge on any atom is -0.497 e. The van der Waals surface area contributed by atoms with E-state index in [0.717, 1.165) is 55.4 Å². The summed E-state index contributed by atoms with van der Waals surface area (Å²) in [5, 5.41) is 3.93. The van der Waals surface area contributed by atoms with E-state index in [-0.39, 0.29) is 5.91 Å². The van der Waals surface area contributed by atoms with E-state index >= 15 is 0 Å². The van der Waals surface area contributed by atoms with Gasteiger partial charge in [-0.15, -0.1) is 0 Å². The average molecular weight is 387 g/mol. The molecule has 0 radical (unpaired) electrons. The Kier molecular flexibility index (Phi) is 7.13. The van der Waals surface area contributed by atoms with Crippen LogP contribution in [0, 0.1) is 5.92 Å². The summed E-state index contributed by atoms with van der Waals surface area (Å²) in [6.07, 6.45) is 2.71. The van der Waals surface area contributed by atoms with Crippen LogP contribution in [0.5, 0.6) is 5.75 Å². The Labute approximate surface area is 166 Å². The van der Waals surface area contributed by atoms with Crippen molar-refractivity contribution in [3.8, 4) is 5.75 Å². The number of amides is 1. The first-order valence-corrected chi connectivity index (χ1v) is 9.87. The molecule has 0 saturated carbocycles. The number of halogens is 1. The van der Waals surface area contributed by atoms with Crippen LogP contribution >= 0.6 is 11.6 Å². The maximum absolute atomic E-state index is 12.3. The zero-order chi connectivity index (χ0) is 19.1. The summed E-state index contributed by atoms with van der Waals surface area (Å²) in [6, 6.07) is 15.7. The highest BCUT2D eigenvalue weighted by atomic mass is 35.5. The van der Waals surface area contributed by atoms with Crippen LogP contribution in [0.25, 0.3) is 0 Å². The lowest BCUT2D eigenvalue weighted by molar-refractivity contribution is -0.120. The van der Waals surface area contributed by atoms with E-state index in [1.165, 1.54) is 5.56 Å². The van der Waals surface area contributed by atoms with Crippen LogP contribution in [0.3, 0.4) is 0 Å². The maximum atomic E-state index is 12.3. The normalized spacial score (nSPS) is 17.5. The molecule has 1 aliphatic heterocycles. The summed E-state index contributed by atoms with van der Waals surface area (Å²) in [5.74, 6) is 1.37. The van der Waals surface area contributed by atoms with Crippen molar-refractivity contribution in [1.82, 2.24) is 10.2 Å². The first-order valence-electron chi connectivity index (χ1n) is 9.49. The van der Waals surface area contributed by atoms with E-state index in [2.05, 4.69) is 16.3 Å². The van der Waals surface area contributed by atoms with Crippen molar-refractivity contribution >= 4 is 17.5 Å². The van der Waals surface area contributed by atoms with Crippen LogP contribution in [0.4, 0.5) is 0 Å². The van der Waals surface area contributed by atoms with E-state index in [1.54, 1.807) is 7.11 Å². The van der Waals surface area contributed by atoms with Gasteiger partial charge in [0.2, 0.25) is 5.91 Å². The zero-order valence-corrected chi connectivity index (χ0v) is 16.5. The van der Waals surface area contributed by atoms with E-state index in [9.17, 15) is 4.79 Å². The SMILES string of the molecule is COc1ccc(CC(=O)NC[C@H]2CCCN(Cc3ccccc3Cl)C2)cc1. The number of carbonyl (C=O) groups excluding carboxylic acids is 1. The predicted molar refractivity (Wildman–Crippen MR) is 109 cm³/mol. The van der Waals surface area contributed by atoms with Crippen molar-refractivity contribution in [2.24, 2.45) is 5.92 Å². The van der Waals surface area contributed by atoms with Gasteiger partial charge in [-0.2, -0.15) is 0 Å². The van der Waals surface area contributed by atoms with E-state index in [1.807, 2.05) is 42.5 Å². The Morgan fingerprint density at radius 2 is 2.00 bits per heavy atom. The van der Waals surface area contributed by atoms with Crippen molar-refractivity contribution in [1.29, 1.82) is 0 Å². The van der Waals surface area contributed by atoms with Gasteiger partial charge < -0.3 is 10.1 Å². The smallest absolute Gasteiger partial charge is 0.224 e. The van der Waals surface area contributed by atoms with Gasteiger partial charge in [0.15, 0.2) is 0 Å². The number of likely N-dealkylation sites (tertiary alicyclic amines) is 1. The van der Waals surface area contributed by atoms with Gasteiger partial charge in [-0.1, -0.05) is 41.9 Å². The third-order valence-corrected chi connectivity index (χ3v) is 5.44. The number of hydrogen-bond acceptors (Lipinski definition) is 3. The van der Waals surface area contributed by atoms with Gasteiger partial charge in [0.25, 0.3) is 0 Å². The summed E-state index contributed by atoms with van der Waals surface area (Å²) >= 11 is 6.29. The predicted octanol–water partition coefficient (Wildman–Crippen LogP) is 3.92. The van der Waals surface area contributed by atoms with Crippen LogP contribution in [-0.4, -0.2) is 37.6 Å². The Morgan fingerprint density at radius 1 is 1.22 bits per heavy atom. The molecule has 0 unspecified atom stereocenters. The van der Waals surface area contributed by atoms with E-state index < -0.39 is 0 Å². The topological polar surface area (TPSA) is 41.6 Å². The lowest BCUT2D eigenvalue weighted by atomic mass is 9.97. The summed E-state index contributed by atoms with van der Waals surface area (Å²) in [5.41, 5.74) is 2.17. The molecule has 0 aliphatic carbocycles. The van der Waals surface area contributed by atoms with Crippen molar-refractivity contribution in [2.75, 3.05) is 26.7 Å². The van der Waals surface area contributed by atoms with Gasteiger partial charge in [0.05, 0.1) is 13.5 Å². The quantitative estimate of drug-likeness (QED) is 0.784. The molecular formula is C22H27ClN2O2.